The zero-order valence-corrected chi connectivity index (χ0v) is 13.4. The van der Waals surface area contributed by atoms with Crippen LogP contribution >= 0.6 is 0 Å². The van der Waals surface area contributed by atoms with Crippen LogP contribution in [-0.4, -0.2) is 23.3 Å². The minimum absolute atomic E-state index is 0.0145. The molecule has 1 aliphatic heterocycles. The normalized spacial score (nSPS) is 21.4. The molecule has 1 rings (SSSR count). The number of rotatable bonds is 4. The minimum Gasteiger partial charge on any atom is -0.282 e. The number of hydrogen-bond acceptors (Lipinski definition) is 2. The fourth-order valence-corrected chi connectivity index (χ4v) is 2.52. The number of amides is 2. The zero-order valence-electron chi connectivity index (χ0n) is 13.4. The van der Waals surface area contributed by atoms with Gasteiger partial charge < -0.3 is 0 Å². The fraction of sp³-hybridized carbons (Fsp3) is 0.875. The fourth-order valence-electron chi connectivity index (χ4n) is 2.52. The van der Waals surface area contributed by atoms with Crippen molar-refractivity contribution in [3.63, 3.8) is 0 Å². The van der Waals surface area contributed by atoms with Gasteiger partial charge in [0, 0.05) is 13.0 Å². The van der Waals surface area contributed by atoms with Crippen LogP contribution in [0.25, 0.3) is 0 Å². The van der Waals surface area contributed by atoms with Crippen LogP contribution in [-0.2, 0) is 9.59 Å². The van der Waals surface area contributed by atoms with Crippen LogP contribution in [0.4, 0.5) is 0 Å². The van der Waals surface area contributed by atoms with E-state index in [4.69, 9.17) is 0 Å². The van der Waals surface area contributed by atoms with Crippen molar-refractivity contribution in [2.24, 2.45) is 16.7 Å². The zero-order chi connectivity index (χ0) is 14.8. The van der Waals surface area contributed by atoms with Crippen LogP contribution < -0.4 is 0 Å². The van der Waals surface area contributed by atoms with Gasteiger partial charge in [0.25, 0.3) is 0 Å². The summed E-state index contributed by atoms with van der Waals surface area (Å²) in [5.41, 5.74) is 0.208. The van der Waals surface area contributed by atoms with E-state index < -0.39 is 0 Å². The van der Waals surface area contributed by atoms with Gasteiger partial charge in [0.15, 0.2) is 0 Å². The molecule has 1 fully saturated rings. The highest BCUT2D eigenvalue weighted by molar-refractivity contribution is 6.03. The predicted octanol–water partition coefficient (Wildman–Crippen LogP) is 3.62. The summed E-state index contributed by atoms with van der Waals surface area (Å²) in [6.45, 7) is 13.3. The summed E-state index contributed by atoms with van der Waals surface area (Å²) in [4.78, 5) is 25.7. The molecule has 0 N–H and O–H groups in total. The quantitative estimate of drug-likeness (QED) is 0.576. The molecule has 1 unspecified atom stereocenters. The summed E-state index contributed by atoms with van der Waals surface area (Å²) in [6, 6.07) is 0. The SMILES string of the molecule is CC(C)(C)CCCCN1C(=O)CC(C(C)(C)C)C1=O. The number of unbranched alkanes of at least 4 members (excludes halogenated alkanes) is 1. The summed E-state index contributed by atoms with van der Waals surface area (Å²) in [5, 5.41) is 0. The molecule has 0 spiro atoms. The molecule has 3 heteroatoms. The van der Waals surface area contributed by atoms with Crippen molar-refractivity contribution in [3.8, 4) is 0 Å². The van der Waals surface area contributed by atoms with Gasteiger partial charge in [-0.2, -0.15) is 0 Å². The first-order chi connectivity index (χ1) is 8.52. The van der Waals surface area contributed by atoms with Gasteiger partial charge in [0.2, 0.25) is 11.8 Å². The molecule has 1 atom stereocenters. The summed E-state index contributed by atoms with van der Waals surface area (Å²) >= 11 is 0. The Morgan fingerprint density at radius 2 is 1.63 bits per heavy atom. The van der Waals surface area contributed by atoms with E-state index in [1.54, 1.807) is 0 Å². The topological polar surface area (TPSA) is 37.4 Å². The van der Waals surface area contributed by atoms with Gasteiger partial charge in [-0.05, 0) is 23.7 Å². The average Bonchev–Trinajstić information content (AvgIpc) is 2.48. The van der Waals surface area contributed by atoms with E-state index in [0.29, 0.717) is 18.4 Å². The van der Waals surface area contributed by atoms with E-state index in [1.165, 1.54) is 4.90 Å². The van der Waals surface area contributed by atoms with E-state index in [0.717, 1.165) is 19.3 Å². The number of nitrogens with zero attached hydrogens (tertiary/aromatic N) is 1. The Labute approximate surface area is 117 Å². The van der Waals surface area contributed by atoms with Gasteiger partial charge in [-0.3, -0.25) is 14.5 Å². The molecule has 1 aliphatic rings. The highest BCUT2D eigenvalue weighted by Gasteiger charge is 2.44. The van der Waals surface area contributed by atoms with Gasteiger partial charge in [0.1, 0.15) is 0 Å². The Kier molecular flexibility index (Phi) is 4.81. The molecule has 3 nitrogen and oxygen atoms in total. The van der Waals surface area contributed by atoms with E-state index >= 15 is 0 Å². The number of hydrogen-bond donors (Lipinski definition) is 0. The van der Waals surface area contributed by atoms with Gasteiger partial charge in [-0.1, -0.05) is 48.0 Å². The van der Waals surface area contributed by atoms with Gasteiger partial charge in [-0.15, -0.1) is 0 Å². The number of carbonyl (C=O) groups excluding carboxylic acids is 2. The molecule has 19 heavy (non-hydrogen) atoms. The van der Waals surface area contributed by atoms with Gasteiger partial charge >= 0.3 is 0 Å². The number of imide groups is 1. The minimum atomic E-state index is -0.136. The van der Waals surface area contributed by atoms with Crippen molar-refractivity contribution in [3.05, 3.63) is 0 Å². The molecule has 0 bridgehead atoms. The van der Waals surface area contributed by atoms with Crippen molar-refractivity contribution in [2.45, 2.75) is 67.2 Å². The molecule has 2 amide bonds. The molecular weight excluding hydrogens is 238 g/mol. The lowest BCUT2D eigenvalue weighted by Crippen LogP contribution is -2.34. The van der Waals surface area contributed by atoms with Crippen LogP contribution in [0.5, 0.6) is 0 Å². The van der Waals surface area contributed by atoms with Crippen LogP contribution in [0, 0.1) is 16.7 Å². The van der Waals surface area contributed by atoms with E-state index in [-0.39, 0.29) is 23.1 Å². The van der Waals surface area contributed by atoms with Crippen LogP contribution in [0.2, 0.25) is 0 Å². The third-order valence-electron chi connectivity index (χ3n) is 3.85. The summed E-state index contributed by atoms with van der Waals surface area (Å²) in [5.74, 6) is -0.0865. The van der Waals surface area contributed by atoms with Crippen molar-refractivity contribution < 1.29 is 9.59 Å². The number of likely N-dealkylation sites (tertiary alicyclic amines) is 1. The first-order valence-electron chi connectivity index (χ1n) is 7.36. The second-order valence-corrected chi connectivity index (χ2v) is 8.02. The third kappa shape index (κ3) is 4.63. The molecule has 0 aromatic rings. The van der Waals surface area contributed by atoms with Crippen molar-refractivity contribution in [1.29, 1.82) is 0 Å². The molecule has 0 radical (unpaired) electrons. The second kappa shape index (κ2) is 5.64. The third-order valence-corrected chi connectivity index (χ3v) is 3.85. The smallest absolute Gasteiger partial charge is 0.233 e. The van der Waals surface area contributed by atoms with Crippen molar-refractivity contribution in [2.75, 3.05) is 6.54 Å². The largest absolute Gasteiger partial charge is 0.282 e. The maximum absolute atomic E-state index is 12.3. The Morgan fingerprint density at radius 1 is 1.05 bits per heavy atom. The first kappa shape index (κ1) is 16.2. The highest BCUT2D eigenvalue weighted by Crippen LogP contribution is 2.35. The molecule has 110 valence electrons. The second-order valence-electron chi connectivity index (χ2n) is 8.02. The van der Waals surface area contributed by atoms with Crippen LogP contribution in [0.3, 0.4) is 0 Å². The predicted molar refractivity (Wildman–Crippen MR) is 77.6 cm³/mol. The van der Waals surface area contributed by atoms with Crippen LogP contribution in [0.1, 0.15) is 67.2 Å². The maximum Gasteiger partial charge on any atom is 0.233 e. The van der Waals surface area contributed by atoms with Gasteiger partial charge in [-0.25, -0.2) is 0 Å². The lowest BCUT2D eigenvalue weighted by Gasteiger charge is -2.25. The maximum atomic E-state index is 12.3. The number of carbonyl (C=O) groups is 2. The highest BCUT2D eigenvalue weighted by atomic mass is 16.2. The Hall–Kier alpha value is -0.860. The monoisotopic (exact) mass is 267 g/mol. The molecular formula is C16H29NO2. The first-order valence-corrected chi connectivity index (χ1v) is 7.36. The summed E-state index contributed by atoms with van der Waals surface area (Å²) < 4.78 is 0. The van der Waals surface area contributed by atoms with E-state index in [9.17, 15) is 9.59 Å². The van der Waals surface area contributed by atoms with Gasteiger partial charge in [0.05, 0.1) is 5.92 Å². The average molecular weight is 267 g/mol. The Balaban J connectivity index is 2.47. The summed E-state index contributed by atoms with van der Waals surface area (Å²) in [6.07, 6.45) is 3.51. The van der Waals surface area contributed by atoms with Crippen LogP contribution in [0.15, 0.2) is 0 Å². The van der Waals surface area contributed by atoms with E-state index in [2.05, 4.69) is 20.8 Å². The molecule has 0 saturated carbocycles. The summed E-state index contributed by atoms with van der Waals surface area (Å²) in [7, 11) is 0. The molecule has 0 aromatic carbocycles. The van der Waals surface area contributed by atoms with Crippen molar-refractivity contribution in [1.82, 2.24) is 4.90 Å². The Bertz CT molecular complexity index is 347. The lowest BCUT2D eigenvalue weighted by atomic mass is 9.80. The van der Waals surface area contributed by atoms with Crippen molar-refractivity contribution >= 4 is 11.8 Å². The lowest BCUT2D eigenvalue weighted by molar-refractivity contribution is -0.140. The molecule has 1 heterocycles. The standard InChI is InChI=1S/C16H29NO2/c1-15(2,3)9-7-8-10-17-13(18)11-12(14(17)19)16(4,5)6/h12H,7-11H2,1-6H3. The van der Waals surface area contributed by atoms with E-state index in [1.807, 2.05) is 20.8 Å². The molecule has 1 saturated heterocycles. The molecule has 0 aliphatic carbocycles. The Morgan fingerprint density at radius 3 is 2.05 bits per heavy atom. The molecule has 0 aromatic heterocycles.